The zero-order chi connectivity index (χ0) is 14.8. The fourth-order valence-electron chi connectivity index (χ4n) is 2.71. The molecular formula is C11H22N4O4S. The normalized spacial score (nSPS) is 31.5. The summed E-state index contributed by atoms with van der Waals surface area (Å²) < 4.78 is 29.3. The molecular weight excluding hydrogens is 284 g/mol. The van der Waals surface area contributed by atoms with Gasteiger partial charge in [0, 0.05) is 26.2 Å². The van der Waals surface area contributed by atoms with Gasteiger partial charge in [-0.2, -0.15) is 8.42 Å². The van der Waals surface area contributed by atoms with Crippen molar-refractivity contribution in [3.05, 3.63) is 0 Å². The highest BCUT2D eigenvalue weighted by atomic mass is 32.2. The van der Waals surface area contributed by atoms with Gasteiger partial charge in [-0.3, -0.25) is 4.79 Å². The Morgan fingerprint density at radius 3 is 2.85 bits per heavy atom. The number of nitrogens with one attached hydrogen (secondary N) is 1. The molecule has 20 heavy (non-hydrogen) atoms. The Hall–Kier alpha value is -0.740. The first-order valence-corrected chi connectivity index (χ1v) is 8.28. The number of ether oxygens (including phenoxy) is 1. The van der Waals surface area contributed by atoms with Crippen LogP contribution in [0.3, 0.4) is 0 Å². The van der Waals surface area contributed by atoms with E-state index in [0.717, 1.165) is 12.8 Å². The average molecular weight is 306 g/mol. The third-order valence-corrected chi connectivity index (χ3v) is 4.43. The van der Waals surface area contributed by atoms with Crippen molar-refractivity contribution in [1.29, 1.82) is 0 Å². The van der Waals surface area contributed by atoms with Crippen molar-refractivity contribution in [2.24, 2.45) is 16.8 Å². The molecule has 0 spiro atoms. The second kappa shape index (κ2) is 5.94. The van der Waals surface area contributed by atoms with Gasteiger partial charge in [0.2, 0.25) is 5.91 Å². The predicted octanol–water partition coefficient (Wildman–Crippen LogP) is -1.86. The molecule has 0 aliphatic carbocycles. The Balaban J connectivity index is 1.91. The summed E-state index contributed by atoms with van der Waals surface area (Å²) in [6, 6.07) is 0. The number of nitrogens with two attached hydrogens (primary N) is 2. The summed E-state index contributed by atoms with van der Waals surface area (Å²) in [6.07, 6.45) is 2.22. The molecule has 2 rings (SSSR count). The summed E-state index contributed by atoms with van der Waals surface area (Å²) in [6.45, 7) is 2.16. The molecule has 9 heteroatoms. The van der Waals surface area contributed by atoms with Crippen molar-refractivity contribution in [3.8, 4) is 0 Å². The lowest BCUT2D eigenvalue weighted by atomic mass is 9.93. The first kappa shape index (κ1) is 15.6. The monoisotopic (exact) mass is 306 g/mol. The van der Waals surface area contributed by atoms with Gasteiger partial charge in [0.1, 0.15) is 5.54 Å². The van der Waals surface area contributed by atoms with Crippen LogP contribution in [0.5, 0.6) is 0 Å². The minimum atomic E-state index is -3.69. The molecule has 2 saturated heterocycles. The third-order valence-electron chi connectivity index (χ3n) is 3.86. The van der Waals surface area contributed by atoms with Crippen molar-refractivity contribution in [2.75, 3.05) is 32.8 Å². The van der Waals surface area contributed by atoms with Crippen LogP contribution >= 0.6 is 0 Å². The number of carbonyl (C=O) groups is 1. The zero-order valence-electron chi connectivity index (χ0n) is 11.4. The fourth-order valence-corrected chi connectivity index (χ4v) is 3.18. The first-order valence-electron chi connectivity index (χ1n) is 6.73. The molecule has 0 aromatic carbocycles. The van der Waals surface area contributed by atoms with Gasteiger partial charge < -0.3 is 15.4 Å². The van der Waals surface area contributed by atoms with E-state index in [9.17, 15) is 13.2 Å². The Kier molecular flexibility index (Phi) is 4.65. The first-order chi connectivity index (χ1) is 9.30. The molecule has 0 bridgehead atoms. The number of hydrogen-bond acceptors (Lipinski definition) is 5. The van der Waals surface area contributed by atoms with Crippen molar-refractivity contribution in [3.63, 3.8) is 0 Å². The topological polar surface area (TPSA) is 128 Å². The molecule has 2 heterocycles. The molecule has 1 amide bonds. The van der Waals surface area contributed by atoms with Gasteiger partial charge in [-0.1, -0.05) is 0 Å². The SMILES string of the molecule is NC1(C(=O)N2CCCC(CNS(N)(=O)=O)C2)CCOC1. The van der Waals surface area contributed by atoms with Crippen LogP contribution in [0, 0.1) is 5.92 Å². The van der Waals surface area contributed by atoms with Crippen molar-refractivity contribution >= 4 is 16.1 Å². The molecule has 0 aromatic rings. The van der Waals surface area contributed by atoms with E-state index >= 15 is 0 Å². The highest BCUT2D eigenvalue weighted by Gasteiger charge is 2.42. The van der Waals surface area contributed by atoms with Crippen molar-refractivity contribution < 1.29 is 17.9 Å². The fraction of sp³-hybridized carbons (Fsp3) is 0.909. The lowest BCUT2D eigenvalue weighted by molar-refractivity contribution is -0.138. The van der Waals surface area contributed by atoms with Crippen LogP contribution in [0.4, 0.5) is 0 Å². The summed E-state index contributed by atoms with van der Waals surface area (Å²) in [4.78, 5) is 14.1. The number of nitrogens with zero attached hydrogens (tertiary/aromatic N) is 1. The van der Waals surface area contributed by atoms with E-state index in [1.165, 1.54) is 0 Å². The Bertz CT molecular complexity index is 461. The Labute approximate surface area is 119 Å². The summed E-state index contributed by atoms with van der Waals surface area (Å²) in [5, 5.41) is 4.91. The van der Waals surface area contributed by atoms with E-state index in [1.807, 2.05) is 0 Å². The summed E-state index contributed by atoms with van der Waals surface area (Å²) >= 11 is 0. The van der Waals surface area contributed by atoms with Crippen LogP contribution in [0.2, 0.25) is 0 Å². The molecule has 2 aliphatic rings. The maximum Gasteiger partial charge on any atom is 0.274 e. The van der Waals surface area contributed by atoms with E-state index < -0.39 is 15.7 Å². The molecule has 0 saturated carbocycles. The number of carbonyl (C=O) groups excluding carboxylic acids is 1. The number of piperidine rings is 1. The molecule has 116 valence electrons. The molecule has 8 nitrogen and oxygen atoms in total. The number of rotatable bonds is 4. The molecule has 2 atom stereocenters. The van der Waals surface area contributed by atoms with E-state index in [-0.39, 0.29) is 25.0 Å². The molecule has 2 aliphatic heterocycles. The van der Waals surface area contributed by atoms with Gasteiger partial charge in [0.25, 0.3) is 10.2 Å². The van der Waals surface area contributed by atoms with Gasteiger partial charge in [-0.15, -0.1) is 0 Å². The van der Waals surface area contributed by atoms with Crippen LogP contribution in [-0.4, -0.2) is 57.6 Å². The van der Waals surface area contributed by atoms with Crippen LogP contribution in [0.1, 0.15) is 19.3 Å². The van der Waals surface area contributed by atoms with Crippen molar-refractivity contribution in [1.82, 2.24) is 9.62 Å². The van der Waals surface area contributed by atoms with Crippen LogP contribution in [0.25, 0.3) is 0 Å². The summed E-state index contributed by atoms with van der Waals surface area (Å²) in [5.41, 5.74) is 5.15. The maximum absolute atomic E-state index is 12.4. The molecule has 0 aromatic heterocycles. The van der Waals surface area contributed by atoms with E-state index in [1.54, 1.807) is 4.90 Å². The van der Waals surface area contributed by atoms with Gasteiger partial charge in [0.05, 0.1) is 6.61 Å². The number of amides is 1. The van der Waals surface area contributed by atoms with E-state index in [0.29, 0.717) is 26.1 Å². The quantitative estimate of drug-likeness (QED) is 0.561. The highest BCUT2D eigenvalue weighted by molar-refractivity contribution is 7.87. The lowest BCUT2D eigenvalue weighted by Crippen LogP contribution is -2.58. The Morgan fingerprint density at radius 1 is 1.50 bits per heavy atom. The summed E-state index contributed by atoms with van der Waals surface area (Å²) in [5.74, 6) is -0.0350. The van der Waals surface area contributed by atoms with E-state index in [4.69, 9.17) is 15.6 Å². The largest absolute Gasteiger partial charge is 0.379 e. The highest BCUT2D eigenvalue weighted by Crippen LogP contribution is 2.23. The van der Waals surface area contributed by atoms with Gasteiger partial charge in [-0.25, -0.2) is 9.86 Å². The van der Waals surface area contributed by atoms with Crippen LogP contribution in [0.15, 0.2) is 0 Å². The third kappa shape index (κ3) is 3.89. The molecule has 2 unspecified atom stereocenters. The molecule has 5 N–H and O–H groups in total. The molecule has 2 fully saturated rings. The van der Waals surface area contributed by atoms with Gasteiger partial charge >= 0.3 is 0 Å². The van der Waals surface area contributed by atoms with Crippen molar-refractivity contribution in [2.45, 2.75) is 24.8 Å². The average Bonchev–Trinajstić information content (AvgIpc) is 2.83. The minimum Gasteiger partial charge on any atom is -0.379 e. The Morgan fingerprint density at radius 2 is 2.25 bits per heavy atom. The number of hydrogen-bond donors (Lipinski definition) is 3. The zero-order valence-corrected chi connectivity index (χ0v) is 12.2. The van der Waals surface area contributed by atoms with Gasteiger partial charge in [0.15, 0.2) is 0 Å². The standard InChI is InChI=1S/C11H22N4O4S/c12-11(3-5-19-8-11)10(16)15-4-1-2-9(7-15)6-14-20(13,17)18/h9,14H,1-8,12H2,(H2,13,17,18). The van der Waals surface area contributed by atoms with Crippen LogP contribution in [-0.2, 0) is 19.7 Å². The maximum atomic E-state index is 12.4. The smallest absolute Gasteiger partial charge is 0.274 e. The summed E-state index contributed by atoms with van der Waals surface area (Å²) in [7, 11) is -3.69. The second-order valence-corrected chi connectivity index (χ2v) is 6.99. The predicted molar refractivity (Wildman–Crippen MR) is 72.8 cm³/mol. The molecule has 0 radical (unpaired) electrons. The van der Waals surface area contributed by atoms with Gasteiger partial charge in [-0.05, 0) is 25.2 Å². The number of likely N-dealkylation sites (tertiary alicyclic amines) is 1. The minimum absolute atomic E-state index is 0.0666. The van der Waals surface area contributed by atoms with Crippen LogP contribution < -0.4 is 15.6 Å². The van der Waals surface area contributed by atoms with E-state index in [2.05, 4.69) is 4.72 Å². The lowest BCUT2D eigenvalue weighted by Gasteiger charge is -2.36. The second-order valence-electron chi connectivity index (χ2n) is 5.61.